The predicted octanol–water partition coefficient (Wildman–Crippen LogP) is 3.64. The van der Waals surface area contributed by atoms with Gasteiger partial charge in [0.15, 0.2) is 0 Å². The Morgan fingerprint density at radius 3 is 2.44 bits per heavy atom. The highest BCUT2D eigenvalue weighted by atomic mass is 79.9. The summed E-state index contributed by atoms with van der Waals surface area (Å²) in [6.07, 6.45) is 0. The van der Waals surface area contributed by atoms with E-state index in [1.165, 1.54) is 23.5 Å². The van der Waals surface area contributed by atoms with Crippen molar-refractivity contribution in [1.29, 1.82) is 0 Å². The zero-order chi connectivity index (χ0) is 13.2. The smallest absolute Gasteiger partial charge is 0.207 e. The second-order valence-corrected chi connectivity index (χ2v) is 7.53. The van der Waals surface area contributed by atoms with Crippen LogP contribution in [0, 0.1) is 0 Å². The molecule has 0 fully saturated rings. The largest absolute Gasteiger partial charge is 0.240 e. The van der Waals surface area contributed by atoms with Crippen LogP contribution in [0.1, 0.15) is 4.88 Å². The lowest BCUT2D eigenvalue weighted by molar-refractivity contribution is 0.582. The summed E-state index contributed by atoms with van der Waals surface area (Å²) in [5.41, 5.74) is 0. The Kier molecular flexibility index (Phi) is 4.45. The van der Waals surface area contributed by atoms with Gasteiger partial charge in [-0.3, -0.25) is 0 Å². The molecule has 0 saturated heterocycles. The molecule has 1 aromatic heterocycles. The lowest BCUT2D eigenvalue weighted by atomic mass is 10.4. The van der Waals surface area contributed by atoms with Gasteiger partial charge in [-0.15, -0.1) is 11.3 Å². The lowest BCUT2D eigenvalue weighted by Crippen LogP contribution is -2.22. The standard InChI is InChI=1S/C11H9BrClNO2S2/c12-10-5-6-17-11(10)7-14-18(15,16)9-3-1-8(13)2-4-9/h1-6,14H,7H2. The average Bonchev–Trinajstić information content (AvgIpc) is 2.73. The van der Waals surface area contributed by atoms with Gasteiger partial charge in [-0.2, -0.15) is 0 Å². The van der Waals surface area contributed by atoms with Crippen LogP contribution in [0.5, 0.6) is 0 Å². The molecular formula is C11H9BrClNO2S2. The normalized spacial score (nSPS) is 11.7. The minimum absolute atomic E-state index is 0.208. The zero-order valence-corrected chi connectivity index (χ0v) is 13.0. The van der Waals surface area contributed by atoms with Crippen molar-refractivity contribution in [1.82, 2.24) is 4.72 Å². The van der Waals surface area contributed by atoms with Gasteiger partial charge in [0.1, 0.15) is 0 Å². The molecule has 0 aliphatic rings. The van der Waals surface area contributed by atoms with Gasteiger partial charge in [-0.25, -0.2) is 13.1 Å². The number of hydrogen-bond acceptors (Lipinski definition) is 3. The minimum Gasteiger partial charge on any atom is -0.207 e. The van der Waals surface area contributed by atoms with Gasteiger partial charge in [-0.05, 0) is 51.6 Å². The number of halogens is 2. The first-order valence-electron chi connectivity index (χ1n) is 4.96. The molecule has 1 heterocycles. The molecule has 0 atom stereocenters. The van der Waals surface area contributed by atoms with E-state index in [1.807, 2.05) is 11.4 Å². The summed E-state index contributed by atoms with van der Waals surface area (Å²) in [7, 11) is -3.49. The molecule has 2 aromatic rings. The minimum atomic E-state index is -3.49. The maximum Gasteiger partial charge on any atom is 0.240 e. The van der Waals surface area contributed by atoms with Crippen molar-refractivity contribution in [3.05, 3.63) is 50.1 Å². The fourth-order valence-electron chi connectivity index (χ4n) is 1.31. The topological polar surface area (TPSA) is 46.2 Å². The highest BCUT2D eigenvalue weighted by Crippen LogP contribution is 2.23. The van der Waals surface area contributed by atoms with E-state index in [4.69, 9.17) is 11.6 Å². The van der Waals surface area contributed by atoms with Crippen LogP contribution in [0.2, 0.25) is 5.02 Å². The van der Waals surface area contributed by atoms with E-state index in [1.54, 1.807) is 12.1 Å². The fraction of sp³-hybridized carbons (Fsp3) is 0.0909. The second-order valence-electron chi connectivity index (χ2n) is 3.47. The first-order chi connectivity index (χ1) is 8.49. The van der Waals surface area contributed by atoms with E-state index >= 15 is 0 Å². The molecule has 3 nitrogen and oxygen atoms in total. The zero-order valence-electron chi connectivity index (χ0n) is 9.06. The number of benzene rings is 1. The maximum absolute atomic E-state index is 12.0. The number of sulfonamides is 1. The molecule has 0 bridgehead atoms. The van der Waals surface area contributed by atoms with Gasteiger partial charge in [0.2, 0.25) is 10.0 Å². The van der Waals surface area contributed by atoms with Crippen molar-refractivity contribution in [2.24, 2.45) is 0 Å². The van der Waals surface area contributed by atoms with Gasteiger partial charge in [0.05, 0.1) is 4.90 Å². The van der Waals surface area contributed by atoms with Gasteiger partial charge in [0.25, 0.3) is 0 Å². The molecule has 18 heavy (non-hydrogen) atoms. The number of nitrogens with one attached hydrogen (secondary N) is 1. The van der Waals surface area contributed by atoms with Crippen molar-refractivity contribution in [3.8, 4) is 0 Å². The van der Waals surface area contributed by atoms with Crippen molar-refractivity contribution in [2.45, 2.75) is 11.4 Å². The molecule has 1 aromatic carbocycles. The Morgan fingerprint density at radius 1 is 1.22 bits per heavy atom. The Hall–Kier alpha value is -0.400. The summed E-state index contributed by atoms with van der Waals surface area (Å²) in [4.78, 5) is 1.15. The molecule has 0 amide bonds. The average molecular weight is 367 g/mol. The molecule has 0 saturated carbocycles. The SMILES string of the molecule is O=S(=O)(NCc1sccc1Br)c1ccc(Cl)cc1. The van der Waals surface area contributed by atoms with Gasteiger partial charge < -0.3 is 0 Å². The Bertz CT molecular complexity index is 637. The molecule has 7 heteroatoms. The quantitative estimate of drug-likeness (QED) is 0.898. The third kappa shape index (κ3) is 3.33. The number of hydrogen-bond donors (Lipinski definition) is 1. The van der Waals surface area contributed by atoms with Crippen molar-refractivity contribution in [2.75, 3.05) is 0 Å². The molecule has 0 aliphatic heterocycles. The van der Waals surface area contributed by atoms with Gasteiger partial charge in [-0.1, -0.05) is 11.6 Å². The summed E-state index contributed by atoms with van der Waals surface area (Å²) in [5, 5.41) is 2.41. The summed E-state index contributed by atoms with van der Waals surface area (Å²) in [5.74, 6) is 0. The predicted molar refractivity (Wildman–Crippen MR) is 77.5 cm³/mol. The van der Waals surface area contributed by atoms with Crippen molar-refractivity contribution >= 4 is 48.9 Å². The number of rotatable bonds is 4. The van der Waals surface area contributed by atoms with E-state index in [2.05, 4.69) is 20.7 Å². The first kappa shape index (κ1) is 14.0. The molecule has 96 valence electrons. The summed E-state index contributed by atoms with van der Waals surface area (Å²) >= 11 is 10.6. The molecular weight excluding hydrogens is 358 g/mol. The summed E-state index contributed by atoms with van der Waals surface area (Å²) in [6, 6.07) is 7.95. The van der Waals surface area contributed by atoms with Crippen molar-refractivity contribution in [3.63, 3.8) is 0 Å². The van der Waals surface area contributed by atoms with Crippen LogP contribution in [0.15, 0.2) is 45.1 Å². The van der Waals surface area contributed by atoms with Crippen LogP contribution in [0.25, 0.3) is 0 Å². The number of thiophene rings is 1. The third-order valence-corrected chi connectivity index (χ3v) is 5.83. The molecule has 0 radical (unpaired) electrons. The van der Waals surface area contributed by atoms with Crippen LogP contribution in [0.4, 0.5) is 0 Å². The second kappa shape index (κ2) is 5.71. The highest BCUT2D eigenvalue weighted by molar-refractivity contribution is 9.10. The highest BCUT2D eigenvalue weighted by Gasteiger charge is 2.14. The van der Waals surface area contributed by atoms with Crippen molar-refractivity contribution < 1.29 is 8.42 Å². The summed E-state index contributed by atoms with van der Waals surface area (Å²) in [6.45, 7) is 0.267. The van der Waals surface area contributed by atoms with Crippen LogP contribution in [0.3, 0.4) is 0 Å². The molecule has 1 N–H and O–H groups in total. The van der Waals surface area contributed by atoms with E-state index in [0.29, 0.717) is 5.02 Å². The van der Waals surface area contributed by atoms with Crippen LogP contribution in [-0.2, 0) is 16.6 Å². The molecule has 0 spiro atoms. The first-order valence-corrected chi connectivity index (χ1v) is 8.49. The van der Waals surface area contributed by atoms with Crippen LogP contribution in [-0.4, -0.2) is 8.42 Å². The molecule has 2 rings (SSSR count). The van der Waals surface area contributed by atoms with Crippen LogP contribution >= 0.6 is 38.9 Å². The fourth-order valence-corrected chi connectivity index (χ4v) is 3.95. The Labute approximate surface area is 123 Å². The van der Waals surface area contributed by atoms with Gasteiger partial charge >= 0.3 is 0 Å². The lowest BCUT2D eigenvalue weighted by Gasteiger charge is -2.06. The Balaban J connectivity index is 2.13. The maximum atomic E-state index is 12.0. The summed E-state index contributed by atoms with van der Waals surface area (Å²) < 4.78 is 27.4. The Morgan fingerprint density at radius 2 is 1.89 bits per heavy atom. The monoisotopic (exact) mass is 365 g/mol. The molecule has 0 unspecified atom stereocenters. The van der Waals surface area contributed by atoms with E-state index in [-0.39, 0.29) is 11.4 Å². The third-order valence-electron chi connectivity index (χ3n) is 2.24. The van der Waals surface area contributed by atoms with E-state index < -0.39 is 10.0 Å². The molecule has 0 aliphatic carbocycles. The van der Waals surface area contributed by atoms with E-state index in [9.17, 15) is 8.42 Å². The van der Waals surface area contributed by atoms with Crippen LogP contribution < -0.4 is 4.72 Å². The van der Waals surface area contributed by atoms with E-state index in [0.717, 1.165) is 9.35 Å². The van der Waals surface area contributed by atoms with Gasteiger partial charge in [0, 0.05) is 20.9 Å².